The summed E-state index contributed by atoms with van der Waals surface area (Å²) < 4.78 is 0. The van der Waals surface area contributed by atoms with Gasteiger partial charge >= 0.3 is 0 Å². The van der Waals surface area contributed by atoms with E-state index in [4.69, 9.17) is 11.6 Å². The lowest BCUT2D eigenvalue weighted by Gasteiger charge is -2.19. The molecule has 2 heterocycles. The van der Waals surface area contributed by atoms with Crippen LogP contribution in [0.1, 0.15) is 12.5 Å². The van der Waals surface area contributed by atoms with Crippen LogP contribution < -0.4 is 0 Å². The van der Waals surface area contributed by atoms with Gasteiger partial charge in [-0.25, -0.2) is 4.99 Å². The predicted molar refractivity (Wildman–Crippen MR) is 74.9 cm³/mol. The first-order valence-corrected chi connectivity index (χ1v) is 6.60. The van der Waals surface area contributed by atoms with E-state index in [0.717, 1.165) is 22.3 Å². The molecule has 4 heteroatoms. The Morgan fingerprint density at radius 2 is 2.29 bits per heavy atom. The van der Waals surface area contributed by atoms with Gasteiger partial charge in [0, 0.05) is 28.4 Å². The zero-order chi connectivity index (χ0) is 11.8. The molecule has 1 aromatic rings. The van der Waals surface area contributed by atoms with Crippen LogP contribution in [-0.2, 0) is 0 Å². The van der Waals surface area contributed by atoms with Gasteiger partial charge in [-0.15, -0.1) is 0 Å². The average molecular weight is 263 g/mol. The second-order valence-electron chi connectivity index (χ2n) is 3.93. The quantitative estimate of drug-likeness (QED) is 0.761. The molecule has 0 N–H and O–H groups in total. The average Bonchev–Trinajstić information content (AvgIpc) is 2.68. The number of allylic oxidation sites excluding steroid dienone is 1. The third kappa shape index (κ3) is 1.90. The van der Waals surface area contributed by atoms with E-state index in [1.807, 2.05) is 24.4 Å². The molecule has 0 bridgehead atoms. The summed E-state index contributed by atoms with van der Waals surface area (Å²) in [4.78, 5) is 7.86. The van der Waals surface area contributed by atoms with E-state index in [9.17, 15) is 0 Å². The molecule has 0 radical (unpaired) electrons. The predicted octanol–water partition coefficient (Wildman–Crippen LogP) is 3.96. The topological polar surface area (TPSA) is 15.6 Å². The molecule has 0 atom stereocenters. The number of fused-ring (bicyclic) bond motifs is 1. The van der Waals surface area contributed by atoms with Crippen molar-refractivity contribution in [2.45, 2.75) is 6.92 Å². The SMILES string of the molecule is CC1=C(c2cccc(Cl)c2)SC2=NC=CCN21. The molecule has 2 nitrogen and oxygen atoms in total. The summed E-state index contributed by atoms with van der Waals surface area (Å²) in [6.07, 6.45) is 3.93. The number of hydrogen-bond acceptors (Lipinski definition) is 3. The van der Waals surface area contributed by atoms with Crippen molar-refractivity contribution in [3.05, 3.63) is 52.8 Å². The van der Waals surface area contributed by atoms with Crippen molar-refractivity contribution < 1.29 is 0 Å². The first-order chi connectivity index (χ1) is 8.25. The molecule has 0 aromatic heterocycles. The molecule has 0 saturated carbocycles. The van der Waals surface area contributed by atoms with Crippen LogP contribution in [0.4, 0.5) is 0 Å². The van der Waals surface area contributed by atoms with Gasteiger partial charge in [0.1, 0.15) is 0 Å². The first-order valence-electron chi connectivity index (χ1n) is 5.41. The summed E-state index contributed by atoms with van der Waals surface area (Å²) in [6, 6.07) is 7.97. The molecule has 0 unspecified atom stereocenters. The van der Waals surface area contributed by atoms with Crippen LogP contribution in [0.5, 0.6) is 0 Å². The summed E-state index contributed by atoms with van der Waals surface area (Å²) in [5, 5.41) is 1.83. The lowest BCUT2D eigenvalue weighted by atomic mass is 10.2. The molecule has 0 spiro atoms. The van der Waals surface area contributed by atoms with Gasteiger partial charge in [-0.1, -0.05) is 23.7 Å². The minimum atomic E-state index is 0.772. The highest BCUT2D eigenvalue weighted by molar-refractivity contribution is 8.22. The highest BCUT2D eigenvalue weighted by atomic mass is 35.5. The molecule has 2 aliphatic rings. The number of amidine groups is 1. The van der Waals surface area contributed by atoms with Gasteiger partial charge in [0.25, 0.3) is 0 Å². The van der Waals surface area contributed by atoms with Crippen LogP contribution in [-0.4, -0.2) is 16.6 Å². The van der Waals surface area contributed by atoms with Crippen molar-refractivity contribution in [3.8, 4) is 0 Å². The van der Waals surface area contributed by atoms with Crippen LogP contribution in [0.2, 0.25) is 5.02 Å². The van der Waals surface area contributed by atoms with Gasteiger partial charge in [-0.2, -0.15) is 0 Å². The molecule has 1 aromatic carbocycles. The second kappa shape index (κ2) is 4.24. The molecule has 86 valence electrons. The van der Waals surface area contributed by atoms with Crippen LogP contribution in [0.15, 0.2) is 47.2 Å². The number of nitrogens with zero attached hydrogens (tertiary/aromatic N) is 2. The summed E-state index contributed by atoms with van der Waals surface area (Å²) >= 11 is 7.75. The highest BCUT2D eigenvalue weighted by Gasteiger charge is 2.27. The van der Waals surface area contributed by atoms with Crippen LogP contribution in [0.25, 0.3) is 4.91 Å². The monoisotopic (exact) mass is 262 g/mol. The van der Waals surface area contributed by atoms with Gasteiger partial charge in [0.2, 0.25) is 0 Å². The molecule has 17 heavy (non-hydrogen) atoms. The number of hydrogen-bond donors (Lipinski definition) is 0. The third-order valence-electron chi connectivity index (χ3n) is 2.82. The van der Waals surface area contributed by atoms with Crippen molar-refractivity contribution >= 4 is 33.4 Å². The van der Waals surface area contributed by atoms with Crippen LogP contribution in [0, 0.1) is 0 Å². The maximum absolute atomic E-state index is 6.04. The summed E-state index contributed by atoms with van der Waals surface area (Å²) in [6.45, 7) is 3.03. The van der Waals surface area contributed by atoms with Crippen molar-refractivity contribution in [1.29, 1.82) is 0 Å². The molecular weight excluding hydrogens is 252 g/mol. The standard InChI is InChI=1S/C13H11ClN2S/c1-9-12(10-4-2-5-11(14)8-10)17-13-15-6-3-7-16(9)13/h2-6,8H,7H2,1H3. The van der Waals surface area contributed by atoms with E-state index in [0.29, 0.717) is 0 Å². The summed E-state index contributed by atoms with van der Waals surface area (Å²) in [5.74, 6) is 0. The fourth-order valence-corrected chi connectivity index (χ4v) is 3.27. The van der Waals surface area contributed by atoms with Crippen molar-refractivity contribution in [3.63, 3.8) is 0 Å². The van der Waals surface area contributed by atoms with Gasteiger partial charge in [-0.05, 0) is 42.5 Å². The molecule has 0 saturated heterocycles. The zero-order valence-electron chi connectivity index (χ0n) is 9.35. The first kappa shape index (κ1) is 10.9. The van der Waals surface area contributed by atoms with Crippen molar-refractivity contribution in [2.75, 3.05) is 6.54 Å². The van der Waals surface area contributed by atoms with E-state index in [-0.39, 0.29) is 0 Å². The molecule has 0 amide bonds. The number of rotatable bonds is 1. The van der Waals surface area contributed by atoms with E-state index < -0.39 is 0 Å². The molecule has 3 rings (SSSR count). The number of halogens is 1. The number of aliphatic imine (C=N–C) groups is 1. The summed E-state index contributed by atoms with van der Waals surface area (Å²) in [7, 11) is 0. The van der Waals surface area contributed by atoms with Crippen molar-refractivity contribution in [2.24, 2.45) is 4.99 Å². The lowest BCUT2D eigenvalue weighted by molar-refractivity contribution is 0.583. The maximum Gasteiger partial charge on any atom is 0.173 e. The summed E-state index contributed by atoms with van der Waals surface area (Å²) in [5.41, 5.74) is 2.41. The minimum Gasteiger partial charge on any atom is -0.320 e. The molecule has 0 fully saturated rings. The maximum atomic E-state index is 6.04. The Labute approximate surface area is 110 Å². The minimum absolute atomic E-state index is 0.772. The van der Waals surface area contributed by atoms with E-state index >= 15 is 0 Å². The van der Waals surface area contributed by atoms with Gasteiger partial charge in [0.15, 0.2) is 5.17 Å². The Morgan fingerprint density at radius 3 is 3.06 bits per heavy atom. The number of benzene rings is 1. The zero-order valence-corrected chi connectivity index (χ0v) is 10.9. The Balaban J connectivity index is 2.02. The fraction of sp³-hybridized carbons (Fsp3) is 0.154. The van der Waals surface area contributed by atoms with E-state index in [2.05, 4.69) is 29.0 Å². The van der Waals surface area contributed by atoms with Gasteiger partial charge in [0.05, 0.1) is 0 Å². The van der Waals surface area contributed by atoms with Crippen molar-refractivity contribution in [1.82, 2.24) is 4.90 Å². The third-order valence-corrected chi connectivity index (χ3v) is 4.30. The Kier molecular flexibility index (Phi) is 2.73. The largest absolute Gasteiger partial charge is 0.320 e. The Hall–Kier alpha value is -1.19. The smallest absolute Gasteiger partial charge is 0.173 e. The van der Waals surface area contributed by atoms with E-state index in [1.54, 1.807) is 11.8 Å². The van der Waals surface area contributed by atoms with E-state index in [1.165, 1.54) is 10.6 Å². The van der Waals surface area contributed by atoms with Gasteiger partial charge < -0.3 is 4.90 Å². The fourth-order valence-electron chi connectivity index (χ4n) is 1.96. The normalized spacial score (nSPS) is 18.5. The van der Waals surface area contributed by atoms with Gasteiger partial charge in [-0.3, -0.25) is 0 Å². The Morgan fingerprint density at radius 1 is 1.41 bits per heavy atom. The highest BCUT2D eigenvalue weighted by Crippen LogP contribution is 2.42. The van der Waals surface area contributed by atoms with Crippen LogP contribution in [0.3, 0.4) is 0 Å². The van der Waals surface area contributed by atoms with Crippen LogP contribution >= 0.6 is 23.4 Å². The molecule has 2 aliphatic heterocycles. The molecular formula is C13H11ClN2S. The number of thioether (sulfide) groups is 1. The molecule has 0 aliphatic carbocycles. The lowest BCUT2D eigenvalue weighted by Crippen LogP contribution is -2.24. The Bertz CT molecular complexity index is 560. The second-order valence-corrected chi connectivity index (χ2v) is 5.35.